The summed E-state index contributed by atoms with van der Waals surface area (Å²) in [7, 11) is 0. The highest BCUT2D eigenvalue weighted by molar-refractivity contribution is 6.29. The summed E-state index contributed by atoms with van der Waals surface area (Å²) < 4.78 is 1.70. The Kier molecular flexibility index (Phi) is 3.15. The summed E-state index contributed by atoms with van der Waals surface area (Å²) in [5.41, 5.74) is 0.963. The van der Waals surface area contributed by atoms with Crippen molar-refractivity contribution in [3.8, 4) is 0 Å². The van der Waals surface area contributed by atoms with Gasteiger partial charge in [0, 0.05) is 18.5 Å². The average molecular weight is 239 g/mol. The molecule has 0 N–H and O–H groups in total. The van der Waals surface area contributed by atoms with Crippen molar-refractivity contribution in [2.24, 2.45) is 0 Å². The van der Waals surface area contributed by atoms with E-state index in [-0.39, 0.29) is 5.56 Å². The molecule has 1 aromatic rings. The summed E-state index contributed by atoms with van der Waals surface area (Å²) in [4.78, 5) is 16.1. The molecule has 1 aliphatic rings. The lowest BCUT2D eigenvalue weighted by Crippen LogP contribution is -2.24. The first-order chi connectivity index (χ1) is 7.61. The van der Waals surface area contributed by atoms with E-state index >= 15 is 0 Å². The topological polar surface area (TPSA) is 34.9 Å². The van der Waals surface area contributed by atoms with Crippen molar-refractivity contribution in [3.63, 3.8) is 0 Å². The molecule has 1 saturated carbocycles. The maximum Gasteiger partial charge on any atom is 0.255 e. The highest BCUT2D eigenvalue weighted by Gasteiger charge is 2.28. The Morgan fingerprint density at radius 2 is 2.38 bits per heavy atom. The summed E-state index contributed by atoms with van der Waals surface area (Å²) in [6.45, 7) is 6.53. The average Bonchev–Trinajstić information content (AvgIpc) is 3.04. The van der Waals surface area contributed by atoms with Crippen molar-refractivity contribution in [1.82, 2.24) is 9.55 Å². The van der Waals surface area contributed by atoms with Gasteiger partial charge in [0.15, 0.2) is 0 Å². The van der Waals surface area contributed by atoms with Crippen molar-refractivity contribution in [2.75, 3.05) is 0 Å². The minimum Gasteiger partial charge on any atom is -0.292 e. The first kappa shape index (κ1) is 11.4. The highest BCUT2D eigenvalue weighted by Crippen LogP contribution is 2.38. The number of aromatic nitrogens is 2. The molecule has 1 aromatic heterocycles. The molecule has 86 valence electrons. The van der Waals surface area contributed by atoms with Gasteiger partial charge >= 0.3 is 0 Å². The van der Waals surface area contributed by atoms with E-state index in [1.807, 2.05) is 6.92 Å². The van der Waals surface area contributed by atoms with Crippen LogP contribution >= 0.6 is 11.6 Å². The van der Waals surface area contributed by atoms with E-state index in [0.717, 1.165) is 30.7 Å². The largest absolute Gasteiger partial charge is 0.292 e. The fourth-order valence-electron chi connectivity index (χ4n) is 1.64. The van der Waals surface area contributed by atoms with Gasteiger partial charge in [-0.1, -0.05) is 30.7 Å². The lowest BCUT2D eigenvalue weighted by molar-refractivity contribution is 0.652. The Hall–Kier alpha value is -1.09. The predicted molar refractivity (Wildman–Crippen MR) is 64.9 cm³/mol. The Morgan fingerprint density at radius 1 is 1.69 bits per heavy atom. The molecule has 4 heteroatoms. The fraction of sp³-hybridized carbons (Fsp3) is 0.500. The van der Waals surface area contributed by atoms with Crippen LogP contribution < -0.4 is 5.56 Å². The van der Waals surface area contributed by atoms with Gasteiger partial charge in [-0.05, 0) is 19.3 Å². The van der Waals surface area contributed by atoms with Crippen molar-refractivity contribution in [2.45, 2.75) is 38.6 Å². The second kappa shape index (κ2) is 4.42. The minimum absolute atomic E-state index is 0.0727. The normalized spacial score (nSPS) is 15.1. The van der Waals surface area contributed by atoms with Crippen LogP contribution in [0.4, 0.5) is 0 Å². The number of rotatable bonds is 4. The third-order valence-corrected chi connectivity index (χ3v) is 3.02. The van der Waals surface area contributed by atoms with E-state index in [4.69, 9.17) is 11.6 Å². The minimum atomic E-state index is -0.0727. The Labute approximate surface area is 99.8 Å². The number of nitrogens with zero attached hydrogens (tertiary/aromatic N) is 2. The molecule has 1 aliphatic carbocycles. The van der Waals surface area contributed by atoms with Gasteiger partial charge in [-0.3, -0.25) is 9.36 Å². The van der Waals surface area contributed by atoms with Crippen LogP contribution in [0.15, 0.2) is 23.0 Å². The number of halogens is 1. The maximum absolute atomic E-state index is 11.8. The molecule has 0 bridgehead atoms. The molecular formula is C12H15ClN2O. The third-order valence-electron chi connectivity index (χ3n) is 2.83. The fourth-order valence-corrected chi connectivity index (χ4v) is 1.82. The molecular weight excluding hydrogens is 224 g/mol. The van der Waals surface area contributed by atoms with Crippen molar-refractivity contribution in [3.05, 3.63) is 39.5 Å². The molecule has 0 unspecified atom stereocenters. The van der Waals surface area contributed by atoms with E-state index in [1.165, 1.54) is 6.07 Å². The summed E-state index contributed by atoms with van der Waals surface area (Å²) in [5, 5.41) is 0.297. The van der Waals surface area contributed by atoms with E-state index in [1.54, 1.807) is 4.57 Å². The summed E-state index contributed by atoms with van der Waals surface area (Å²) in [6, 6.07) is 1.37. The van der Waals surface area contributed by atoms with Gasteiger partial charge in [0.2, 0.25) is 0 Å². The summed E-state index contributed by atoms with van der Waals surface area (Å²) in [5.74, 6) is 1.24. The molecule has 0 aliphatic heterocycles. The van der Waals surface area contributed by atoms with E-state index in [0.29, 0.717) is 17.6 Å². The van der Waals surface area contributed by atoms with Crippen LogP contribution in [0.2, 0.25) is 5.15 Å². The van der Waals surface area contributed by atoms with Crippen LogP contribution in [0.5, 0.6) is 0 Å². The van der Waals surface area contributed by atoms with Crippen molar-refractivity contribution >= 4 is 11.6 Å². The third kappa shape index (κ3) is 2.35. The Balaban J connectivity index is 2.41. The smallest absolute Gasteiger partial charge is 0.255 e. The number of hydrogen-bond donors (Lipinski definition) is 0. The summed E-state index contributed by atoms with van der Waals surface area (Å²) in [6.07, 6.45) is 3.08. The zero-order chi connectivity index (χ0) is 11.7. The van der Waals surface area contributed by atoms with Crippen LogP contribution in [0.3, 0.4) is 0 Å². The molecule has 1 heterocycles. The van der Waals surface area contributed by atoms with Crippen LogP contribution in [0.1, 0.15) is 37.9 Å². The molecule has 0 atom stereocenters. The van der Waals surface area contributed by atoms with Crippen LogP contribution in [0, 0.1) is 0 Å². The van der Waals surface area contributed by atoms with Crippen LogP contribution in [-0.2, 0) is 6.54 Å². The quantitative estimate of drug-likeness (QED) is 0.597. The lowest BCUT2D eigenvalue weighted by Gasteiger charge is -2.12. The van der Waals surface area contributed by atoms with Gasteiger partial charge in [-0.15, -0.1) is 0 Å². The van der Waals surface area contributed by atoms with E-state index in [2.05, 4.69) is 11.6 Å². The van der Waals surface area contributed by atoms with Gasteiger partial charge in [-0.2, -0.15) is 0 Å². The first-order valence-corrected chi connectivity index (χ1v) is 5.93. The first-order valence-electron chi connectivity index (χ1n) is 5.55. The van der Waals surface area contributed by atoms with Gasteiger partial charge in [0.05, 0.1) is 0 Å². The van der Waals surface area contributed by atoms with Crippen molar-refractivity contribution < 1.29 is 0 Å². The number of hydrogen-bond acceptors (Lipinski definition) is 2. The molecule has 16 heavy (non-hydrogen) atoms. The molecule has 2 rings (SSSR count). The predicted octanol–water partition coefficient (Wildman–Crippen LogP) is 2.74. The molecule has 0 aromatic carbocycles. The van der Waals surface area contributed by atoms with Crippen molar-refractivity contribution in [1.29, 1.82) is 0 Å². The monoisotopic (exact) mass is 238 g/mol. The second-order valence-electron chi connectivity index (χ2n) is 4.24. The standard InChI is InChI=1S/C12H15ClN2O/c1-3-8(2)7-15-11(16)6-10(13)14-12(15)9-4-5-9/h6,9H,2-5,7H2,1H3. The van der Waals surface area contributed by atoms with Gasteiger partial charge in [-0.25, -0.2) is 4.98 Å². The Bertz CT molecular complexity index is 474. The lowest BCUT2D eigenvalue weighted by atomic mass is 10.2. The second-order valence-corrected chi connectivity index (χ2v) is 4.63. The van der Waals surface area contributed by atoms with E-state index in [9.17, 15) is 4.79 Å². The summed E-state index contributed by atoms with van der Waals surface area (Å²) >= 11 is 5.82. The highest BCUT2D eigenvalue weighted by atomic mass is 35.5. The van der Waals surface area contributed by atoms with E-state index < -0.39 is 0 Å². The van der Waals surface area contributed by atoms with Gasteiger partial charge < -0.3 is 0 Å². The zero-order valence-corrected chi connectivity index (χ0v) is 10.1. The molecule has 0 saturated heterocycles. The SMILES string of the molecule is C=C(CC)Cn1c(C2CC2)nc(Cl)cc1=O. The number of allylic oxidation sites excluding steroid dienone is 1. The maximum atomic E-state index is 11.8. The zero-order valence-electron chi connectivity index (χ0n) is 9.37. The van der Waals surface area contributed by atoms with Crippen LogP contribution in [0.25, 0.3) is 0 Å². The molecule has 0 spiro atoms. The van der Waals surface area contributed by atoms with Gasteiger partial charge in [0.1, 0.15) is 11.0 Å². The Morgan fingerprint density at radius 3 is 2.94 bits per heavy atom. The van der Waals surface area contributed by atoms with Crippen LogP contribution in [-0.4, -0.2) is 9.55 Å². The molecule has 3 nitrogen and oxygen atoms in total. The molecule has 0 radical (unpaired) electrons. The molecule has 1 fully saturated rings. The molecule has 0 amide bonds. The van der Waals surface area contributed by atoms with Gasteiger partial charge in [0.25, 0.3) is 5.56 Å².